The summed E-state index contributed by atoms with van der Waals surface area (Å²) in [5.41, 5.74) is 1.03. The number of amides is 2. The van der Waals surface area contributed by atoms with Gasteiger partial charge in [-0.3, -0.25) is 9.80 Å². The molecule has 6 nitrogen and oxygen atoms in total. The first kappa shape index (κ1) is 17.1. The highest BCUT2D eigenvalue weighted by molar-refractivity contribution is 7.90. The molecule has 2 aliphatic rings. The highest BCUT2D eigenvalue weighted by Crippen LogP contribution is 2.48. The number of nitrogens with zero attached hydrogens (tertiary/aromatic N) is 2. The minimum Gasteiger partial charge on any atom is -0.347 e. The Morgan fingerprint density at radius 2 is 1.85 bits per heavy atom. The summed E-state index contributed by atoms with van der Waals surface area (Å²) in [5.74, 6) is 0. The van der Waals surface area contributed by atoms with E-state index in [4.69, 9.17) is 4.74 Å². The van der Waals surface area contributed by atoms with Crippen LogP contribution in [0.25, 0.3) is 0 Å². The number of fused-ring (bicyclic) bond motifs is 3. The molecule has 1 atom stereocenters. The first-order valence-corrected chi connectivity index (χ1v) is 10.3. The summed E-state index contributed by atoms with van der Waals surface area (Å²) in [7, 11) is -1.69. The number of sulfone groups is 1. The zero-order chi connectivity index (χ0) is 18.5. The van der Waals surface area contributed by atoms with Gasteiger partial charge in [0.1, 0.15) is 0 Å². The van der Waals surface area contributed by atoms with E-state index in [1.54, 1.807) is 29.0 Å². The van der Waals surface area contributed by atoms with E-state index in [1.165, 1.54) is 12.3 Å². The summed E-state index contributed by atoms with van der Waals surface area (Å²) < 4.78 is 30.5. The van der Waals surface area contributed by atoms with E-state index in [2.05, 4.69) is 0 Å². The number of anilines is 1. The van der Waals surface area contributed by atoms with Crippen molar-refractivity contribution < 1.29 is 17.9 Å². The lowest BCUT2D eigenvalue weighted by Crippen LogP contribution is -2.62. The standard InChI is InChI=1S/C19H20N2O4S/c1-20-17-10-9-15(26(2,23)24)13-16(17)19(14-7-4-3-5-8-14)21(18(20)22)11-6-12-25-19/h3-5,7-10,13H,6,11-12H2,1-2H3. The van der Waals surface area contributed by atoms with Gasteiger partial charge < -0.3 is 4.74 Å². The predicted molar refractivity (Wildman–Crippen MR) is 97.8 cm³/mol. The fraction of sp³-hybridized carbons (Fsp3) is 0.316. The first-order chi connectivity index (χ1) is 12.4. The van der Waals surface area contributed by atoms with Crippen LogP contribution in [0.1, 0.15) is 17.5 Å². The van der Waals surface area contributed by atoms with Crippen molar-refractivity contribution in [1.82, 2.24) is 4.90 Å². The molecule has 1 saturated heterocycles. The fourth-order valence-corrected chi connectivity index (χ4v) is 4.43. The second-order valence-electron chi connectivity index (χ2n) is 6.66. The lowest BCUT2D eigenvalue weighted by Gasteiger charge is -2.52. The van der Waals surface area contributed by atoms with E-state index < -0.39 is 15.6 Å². The smallest absolute Gasteiger partial charge is 0.327 e. The van der Waals surface area contributed by atoms with Gasteiger partial charge >= 0.3 is 6.03 Å². The minimum absolute atomic E-state index is 0.159. The van der Waals surface area contributed by atoms with Gasteiger partial charge in [-0.25, -0.2) is 13.2 Å². The predicted octanol–water partition coefficient (Wildman–Crippen LogP) is 2.58. The van der Waals surface area contributed by atoms with Crippen molar-refractivity contribution in [2.45, 2.75) is 17.0 Å². The van der Waals surface area contributed by atoms with Crippen molar-refractivity contribution in [3.63, 3.8) is 0 Å². The molecule has 4 rings (SSSR count). The molecule has 2 aromatic rings. The minimum atomic E-state index is -3.39. The highest BCUT2D eigenvalue weighted by atomic mass is 32.2. The number of ether oxygens (including phenoxy) is 1. The summed E-state index contributed by atoms with van der Waals surface area (Å²) in [6, 6.07) is 14.2. The van der Waals surface area contributed by atoms with Crippen molar-refractivity contribution in [2.24, 2.45) is 0 Å². The van der Waals surface area contributed by atoms with Crippen LogP contribution in [0.15, 0.2) is 53.4 Å². The Balaban J connectivity index is 2.06. The molecule has 0 aliphatic carbocycles. The van der Waals surface area contributed by atoms with Gasteiger partial charge in [0.2, 0.25) is 0 Å². The number of hydrogen-bond donors (Lipinski definition) is 0. The number of urea groups is 1. The van der Waals surface area contributed by atoms with Crippen molar-refractivity contribution in [3.05, 3.63) is 59.7 Å². The van der Waals surface area contributed by atoms with E-state index in [1.807, 2.05) is 30.3 Å². The summed E-state index contributed by atoms with van der Waals surface area (Å²) in [6.07, 6.45) is 1.91. The van der Waals surface area contributed by atoms with Gasteiger partial charge in [0, 0.05) is 31.0 Å². The molecule has 1 unspecified atom stereocenters. The molecular formula is C19H20N2O4S. The molecule has 2 amide bonds. The Morgan fingerprint density at radius 3 is 2.54 bits per heavy atom. The molecule has 136 valence electrons. The zero-order valence-electron chi connectivity index (χ0n) is 14.7. The highest BCUT2D eigenvalue weighted by Gasteiger charge is 2.52. The molecule has 26 heavy (non-hydrogen) atoms. The summed E-state index contributed by atoms with van der Waals surface area (Å²) in [6.45, 7) is 1.03. The van der Waals surface area contributed by atoms with Crippen LogP contribution in [-0.2, 0) is 20.3 Å². The van der Waals surface area contributed by atoms with Gasteiger partial charge in [-0.2, -0.15) is 0 Å². The second-order valence-corrected chi connectivity index (χ2v) is 8.67. The molecule has 0 bridgehead atoms. The van der Waals surface area contributed by atoms with Crippen molar-refractivity contribution >= 4 is 21.6 Å². The lowest BCUT2D eigenvalue weighted by molar-refractivity contribution is -0.143. The number of benzene rings is 2. The Labute approximate surface area is 152 Å². The maximum atomic E-state index is 13.0. The van der Waals surface area contributed by atoms with Crippen LogP contribution in [0.5, 0.6) is 0 Å². The third kappa shape index (κ3) is 2.34. The molecule has 2 heterocycles. The third-order valence-electron chi connectivity index (χ3n) is 5.02. The number of hydrogen-bond acceptors (Lipinski definition) is 4. The largest absolute Gasteiger partial charge is 0.347 e. The van der Waals surface area contributed by atoms with Crippen LogP contribution in [0, 0.1) is 0 Å². The Bertz CT molecular complexity index is 974. The molecule has 0 N–H and O–H groups in total. The van der Waals surface area contributed by atoms with E-state index in [-0.39, 0.29) is 10.9 Å². The maximum Gasteiger partial charge on any atom is 0.327 e. The molecule has 7 heteroatoms. The lowest BCUT2D eigenvalue weighted by atomic mass is 9.87. The van der Waals surface area contributed by atoms with Gasteiger partial charge in [0.05, 0.1) is 17.2 Å². The van der Waals surface area contributed by atoms with Crippen LogP contribution in [-0.4, -0.2) is 45.8 Å². The van der Waals surface area contributed by atoms with Crippen LogP contribution < -0.4 is 4.90 Å². The molecule has 1 fully saturated rings. The Kier molecular flexibility index (Phi) is 3.82. The van der Waals surface area contributed by atoms with E-state index in [9.17, 15) is 13.2 Å². The molecule has 0 radical (unpaired) electrons. The van der Waals surface area contributed by atoms with Crippen molar-refractivity contribution in [1.29, 1.82) is 0 Å². The van der Waals surface area contributed by atoms with E-state index in [0.717, 1.165) is 12.0 Å². The third-order valence-corrected chi connectivity index (χ3v) is 6.13. The molecule has 0 saturated carbocycles. The monoisotopic (exact) mass is 372 g/mol. The first-order valence-electron chi connectivity index (χ1n) is 8.45. The van der Waals surface area contributed by atoms with Gasteiger partial charge in [-0.15, -0.1) is 0 Å². The van der Waals surface area contributed by atoms with Crippen LogP contribution >= 0.6 is 0 Å². The number of carbonyl (C=O) groups excluding carboxylic acids is 1. The summed E-state index contributed by atoms with van der Waals surface area (Å²) >= 11 is 0. The van der Waals surface area contributed by atoms with E-state index >= 15 is 0 Å². The van der Waals surface area contributed by atoms with Crippen LogP contribution in [0.4, 0.5) is 10.5 Å². The molecule has 0 aromatic heterocycles. The van der Waals surface area contributed by atoms with Gasteiger partial charge in [-0.1, -0.05) is 30.3 Å². The Hall–Kier alpha value is -2.38. The fourth-order valence-electron chi connectivity index (χ4n) is 3.78. The number of carbonyl (C=O) groups is 1. The SMILES string of the molecule is CN1C(=O)N2CCCOC2(c2ccccc2)c2cc(S(C)(=O)=O)ccc21. The Morgan fingerprint density at radius 1 is 1.12 bits per heavy atom. The molecule has 0 spiro atoms. The van der Waals surface area contributed by atoms with E-state index in [0.29, 0.717) is 24.4 Å². The van der Waals surface area contributed by atoms with Gasteiger partial charge in [0.15, 0.2) is 15.6 Å². The number of rotatable bonds is 2. The van der Waals surface area contributed by atoms with Crippen molar-refractivity contribution in [3.8, 4) is 0 Å². The second kappa shape index (κ2) is 5.82. The average molecular weight is 372 g/mol. The van der Waals surface area contributed by atoms with Crippen LogP contribution in [0.2, 0.25) is 0 Å². The summed E-state index contributed by atoms with van der Waals surface area (Å²) in [5, 5.41) is 0. The zero-order valence-corrected chi connectivity index (χ0v) is 15.5. The van der Waals surface area contributed by atoms with Crippen molar-refractivity contribution in [2.75, 3.05) is 31.4 Å². The average Bonchev–Trinajstić information content (AvgIpc) is 2.65. The topological polar surface area (TPSA) is 66.9 Å². The van der Waals surface area contributed by atoms with Gasteiger partial charge in [0.25, 0.3) is 0 Å². The quantitative estimate of drug-likeness (QED) is 0.813. The summed E-state index contributed by atoms with van der Waals surface area (Å²) in [4.78, 5) is 16.5. The molecule has 2 aromatic carbocycles. The van der Waals surface area contributed by atoms with Gasteiger partial charge in [-0.05, 0) is 24.6 Å². The van der Waals surface area contributed by atoms with Crippen LogP contribution in [0.3, 0.4) is 0 Å². The maximum absolute atomic E-state index is 13.0. The molecular weight excluding hydrogens is 352 g/mol. The molecule has 2 aliphatic heterocycles. The normalized spacial score (nSPS) is 22.8.